The van der Waals surface area contributed by atoms with Crippen LogP contribution in [0.4, 0.5) is 0 Å². The number of aromatic nitrogens is 1. The van der Waals surface area contributed by atoms with E-state index in [0.29, 0.717) is 26.3 Å². The van der Waals surface area contributed by atoms with E-state index >= 15 is 0 Å². The molecule has 0 fully saturated rings. The second kappa shape index (κ2) is 6.62. The fourth-order valence-electron chi connectivity index (χ4n) is 2.05. The van der Waals surface area contributed by atoms with Crippen molar-refractivity contribution >= 4 is 57.8 Å². The molecule has 7 heteroatoms. The van der Waals surface area contributed by atoms with Gasteiger partial charge in [0.2, 0.25) is 0 Å². The Morgan fingerprint density at radius 3 is 2.57 bits per heavy atom. The molecule has 0 saturated heterocycles. The normalized spacial score (nSPS) is 11.3. The van der Waals surface area contributed by atoms with E-state index in [9.17, 15) is 4.79 Å². The second-order valence-electron chi connectivity index (χ2n) is 4.78. The van der Waals surface area contributed by atoms with E-state index in [1.54, 1.807) is 36.4 Å². The molecular formula is C16H10Cl3N3O. The summed E-state index contributed by atoms with van der Waals surface area (Å²) in [5.41, 5.74) is 4.31. The third kappa shape index (κ3) is 3.67. The second-order valence-corrected chi connectivity index (χ2v) is 6.06. The van der Waals surface area contributed by atoms with Crippen LogP contribution in [0.2, 0.25) is 15.1 Å². The van der Waals surface area contributed by atoms with Gasteiger partial charge in [0.15, 0.2) is 0 Å². The first-order chi connectivity index (χ1) is 11.0. The van der Waals surface area contributed by atoms with Crippen molar-refractivity contribution in [2.24, 2.45) is 5.10 Å². The van der Waals surface area contributed by atoms with Gasteiger partial charge in [0.1, 0.15) is 5.69 Å². The number of amides is 1. The maximum atomic E-state index is 12.1. The first-order valence-electron chi connectivity index (χ1n) is 6.59. The largest absolute Gasteiger partial charge is 0.350 e. The molecule has 1 aromatic heterocycles. The summed E-state index contributed by atoms with van der Waals surface area (Å²) >= 11 is 17.8. The number of aromatic amines is 1. The molecule has 2 aromatic carbocycles. The van der Waals surface area contributed by atoms with Gasteiger partial charge in [-0.25, -0.2) is 5.43 Å². The van der Waals surface area contributed by atoms with E-state index in [2.05, 4.69) is 15.5 Å². The van der Waals surface area contributed by atoms with Crippen LogP contribution in [-0.4, -0.2) is 17.1 Å². The number of nitrogens with one attached hydrogen (secondary N) is 2. The summed E-state index contributed by atoms with van der Waals surface area (Å²) in [7, 11) is 0. The fraction of sp³-hybridized carbons (Fsp3) is 0. The zero-order chi connectivity index (χ0) is 16.4. The first kappa shape index (κ1) is 15.9. The molecule has 3 rings (SSSR count). The topological polar surface area (TPSA) is 57.2 Å². The van der Waals surface area contributed by atoms with E-state index in [0.717, 1.165) is 10.9 Å². The van der Waals surface area contributed by atoms with Crippen molar-refractivity contribution in [1.82, 2.24) is 10.4 Å². The van der Waals surface area contributed by atoms with Gasteiger partial charge in [-0.3, -0.25) is 4.79 Å². The monoisotopic (exact) mass is 365 g/mol. The number of hydrogen-bond acceptors (Lipinski definition) is 2. The number of hydrazone groups is 1. The van der Waals surface area contributed by atoms with Gasteiger partial charge in [-0.05, 0) is 36.4 Å². The molecule has 0 aliphatic rings. The minimum atomic E-state index is -0.362. The Bertz CT molecular complexity index is 918. The van der Waals surface area contributed by atoms with E-state index in [1.807, 2.05) is 6.07 Å². The molecule has 0 spiro atoms. The molecule has 0 radical (unpaired) electrons. The van der Waals surface area contributed by atoms with Gasteiger partial charge in [0.25, 0.3) is 5.91 Å². The molecule has 1 amide bonds. The van der Waals surface area contributed by atoms with Crippen molar-refractivity contribution in [3.05, 3.63) is 68.8 Å². The predicted molar refractivity (Wildman–Crippen MR) is 94.8 cm³/mol. The lowest BCUT2D eigenvalue weighted by Crippen LogP contribution is -2.17. The van der Waals surface area contributed by atoms with Gasteiger partial charge in [0, 0.05) is 26.5 Å². The third-order valence-corrected chi connectivity index (χ3v) is 3.96. The highest BCUT2D eigenvalue weighted by Crippen LogP contribution is 2.20. The third-order valence-electron chi connectivity index (χ3n) is 3.16. The maximum Gasteiger partial charge on any atom is 0.287 e. The van der Waals surface area contributed by atoms with Crippen molar-refractivity contribution in [3.63, 3.8) is 0 Å². The lowest BCUT2D eigenvalue weighted by atomic mass is 10.2. The van der Waals surface area contributed by atoms with Crippen LogP contribution in [0.5, 0.6) is 0 Å². The number of carbonyl (C=O) groups excluding carboxylic acids is 1. The summed E-state index contributed by atoms with van der Waals surface area (Å²) in [6.45, 7) is 0. The minimum Gasteiger partial charge on any atom is -0.350 e. The van der Waals surface area contributed by atoms with E-state index in [4.69, 9.17) is 34.8 Å². The molecule has 0 bridgehead atoms. The molecule has 0 aliphatic heterocycles. The number of fused-ring (bicyclic) bond motifs is 1. The van der Waals surface area contributed by atoms with Crippen molar-refractivity contribution in [3.8, 4) is 0 Å². The Balaban J connectivity index is 1.74. The number of rotatable bonds is 3. The molecule has 0 aliphatic carbocycles. The van der Waals surface area contributed by atoms with E-state index < -0.39 is 0 Å². The number of H-pyrrole nitrogens is 1. The highest BCUT2D eigenvalue weighted by atomic mass is 35.5. The Hall–Kier alpha value is -2.01. The quantitative estimate of drug-likeness (QED) is 0.503. The van der Waals surface area contributed by atoms with Crippen LogP contribution in [0.3, 0.4) is 0 Å². The summed E-state index contributed by atoms with van der Waals surface area (Å²) in [5, 5.41) is 6.35. The molecule has 2 N–H and O–H groups in total. The van der Waals surface area contributed by atoms with Crippen LogP contribution in [0.15, 0.2) is 47.6 Å². The molecule has 116 valence electrons. The van der Waals surface area contributed by atoms with Crippen LogP contribution in [0.1, 0.15) is 16.1 Å². The zero-order valence-electron chi connectivity index (χ0n) is 11.6. The van der Waals surface area contributed by atoms with Crippen molar-refractivity contribution in [1.29, 1.82) is 0 Å². The molecule has 4 nitrogen and oxygen atoms in total. The number of carbonyl (C=O) groups is 1. The molecule has 0 unspecified atom stereocenters. The van der Waals surface area contributed by atoms with Crippen LogP contribution in [0, 0.1) is 0 Å². The lowest BCUT2D eigenvalue weighted by Gasteiger charge is -1.99. The molecule has 0 atom stereocenters. The molecule has 1 heterocycles. The zero-order valence-corrected chi connectivity index (χ0v) is 13.9. The fourth-order valence-corrected chi connectivity index (χ4v) is 2.69. The number of halogens is 3. The van der Waals surface area contributed by atoms with E-state index in [1.165, 1.54) is 6.21 Å². The number of nitrogens with zero attached hydrogens (tertiary/aromatic N) is 1. The van der Waals surface area contributed by atoms with Crippen molar-refractivity contribution in [2.45, 2.75) is 0 Å². The van der Waals surface area contributed by atoms with Crippen LogP contribution in [-0.2, 0) is 0 Å². The van der Waals surface area contributed by atoms with Crippen LogP contribution in [0.25, 0.3) is 10.9 Å². The molecular weight excluding hydrogens is 357 g/mol. The standard InChI is InChI=1S/C16H10Cl3N3O/c17-11-3-4-14-10(5-11)6-15(21-14)16(23)22-20-8-9-1-2-12(18)7-13(9)19/h1-8,21H,(H,22,23). The lowest BCUT2D eigenvalue weighted by molar-refractivity contribution is 0.0951. The summed E-state index contributed by atoms with van der Waals surface area (Å²) < 4.78 is 0. The van der Waals surface area contributed by atoms with Crippen LogP contribution >= 0.6 is 34.8 Å². The first-order valence-corrected chi connectivity index (χ1v) is 7.73. The van der Waals surface area contributed by atoms with Crippen LogP contribution < -0.4 is 5.43 Å². The van der Waals surface area contributed by atoms with E-state index in [-0.39, 0.29) is 5.91 Å². The average molecular weight is 367 g/mol. The Morgan fingerprint density at radius 1 is 1.04 bits per heavy atom. The Labute approximate surface area is 147 Å². The summed E-state index contributed by atoms with van der Waals surface area (Å²) in [6.07, 6.45) is 1.45. The van der Waals surface area contributed by atoms with Gasteiger partial charge >= 0.3 is 0 Å². The van der Waals surface area contributed by atoms with Gasteiger partial charge in [-0.1, -0.05) is 40.9 Å². The van der Waals surface area contributed by atoms with Gasteiger partial charge < -0.3 is 4.98 Å². The molecule has 23 heavy (non-hydrogen) atoms. The maximum absolute atomic E-state index is 12.1. The Morgan fingerprint density at radius 2 is 1.78 bits per heavy atom. The Kier molecular flexibility index (Phi) is 4.57. The predicted octanol–water partition coefficient (Wildman–Crippen LogP) is 4.89. The molecule has 3 aromatic rings. The van der Waals surface area contributed by atoms with Gasteiger partial charge in [0.05, 0.1) is 11.2 Å². The summed E-state index contributed by atoms with van der Waals surface area (Å²) in [6, 6.07) is 12.1. The highest BCUT2D eigenvalue weighted by molar-refractivity contribution is 6.36. The summed E-state index contributed by atoms with van der Waals surface area (Å²) in [5.74, 6) is -0.362. The highest BCUT2D eigenvalue weighted by Gasteiger charge is 2.09. The number of benzene rings is 2. The van der Waals surface area contributed by atoms with Gasteiger partial charge in [-0.15, -0.1) is 0 Å². The van der Waals surface area contributed by atoms with Crippen molar-refractivity contribution in [2.75, 3.05) is 0 Å². The summed E-state index contributed by atoms with van der Waals surface area (Å²) in [4.78, 5) is 15.1. The number of hydrogen-bond donors (Lipinski definition) is 2. The molecule has 0 saturated carbocycles. The minimum absolute atomic E-state index is 0.362. The smallest absolute Gasteiger partial charge is 0.287 e. The van der Waals surface area contributed by atoms with Gasteiger partial charge in [-0.2, -0.15) is 5.10 Å². The van der Waals surface area contributed by atoms with Crippen molar-refractivity contribution < 1.29 is 4.79 Å². The SMILES string of the molecule is O=C(NN=Cc1ccc(Cl)cc1Cl)c1cc2cc(Cl)ccc2[nH]1. The average Bonchev–Trinajstić information content (AvgIpc) is 2.92.